The minimum absolute atomic E-state index is 0.446. The van der Waals surface area contributed by atoms with Gasteiger partial charge in [-0.3, -0.25) is 5.43 Å². The Balaban J connectivity index is 1.57. The Morgan fingerprint density at radius 3 is 2.82 bits per heavy atom. The van der Waals surface area contributed by atoms with Crippen LogP contribution in [0.2, 0.25) is 5.02 Å². The van der Waals surface area contributed by atoms with E-state index < -0.39 is 5.63 Å². The van der Waals surface area contributed by atoms with Gasteiger partial charge in [0.1, 0.15) is 11.3 Å². The Labute approximate surface area is 169 Å². The zero-order chi connectivity index (χ0) is 19.5. The highest BCUT2D eigenvalue weighted by molar-refractivity contribution is 7.14. The number of nitrogens with zero attached hydrogens (tertiary/aromatic N) is 2. The van der Waals surface area contributed by atoms with Crippen LogP contribution in [0, 0.1) is 0 Å². The molecule has 140 valence electrons. The van der Waals surface area contributed by atoms with Crippen LogP contribution in [-0.2, 0) is 0 Å². The summed E-state index contributed by atoms with van der Waals surface area (Å²) in [5, 5.41) is 8.18. The van der Waals surface area contributed by atoms with Crippen LogP contribution in [0.3, 0.4) is 0 Å². The van der Waals surface area contributed by atoms with Gasteiger partial charge in [-0.1, -0.05) is 23.7 Å². The molecule has 0 unspecified atom stereocenters. The fourth-order valence-electron chi connectivity index (χ4n) is 2.64. The number of hydrogen-bond acceptors (Lipinski definition) is 7. The van der Waals surface area contributed by atoms with E-state index in [1.54, 1.807) is 31.5 Å². The summed E-state index contributed by atoms with van der Waals surface area (Å²) in [7, 11) is 1.58. The number of fused-ring (bicyclic) bond motifs is 1. The van der Waals surface area contributed by atoms with Gasteiger partial charge in [0.15, 0.2) is 0 Å². The van der Waals surface area contributed by atoms with E-state index in [-0.39, 0.29) is 0 Å². The van der Waals surface area contributed by atoms with Crippen molar-refractivity contribution in [2.24, 2.45) is 5.10 Å². The molecule has 0 aliphatic heterocycles. The minimum atomic E-state index is -0.446. The van der Waals surface area contributed by atoms with Crippen LogP contribution in [0.1, 0.15) is 5.56 Å². The second-order valence-electron chi connectivity index (χ2n) is 5.80. The molecule has 0 saturated heterocycles. The number of methoxy groups -OCH3 is 1. The maximum absolute atomic E-state index is 11.8. The molecule has 0 bridgehead atoms. The molecule has 4 rings (SSSR count). The van der Waals surface area contributed by atoms with E-state index in [0.717, 1.165) is 16.6 Å². The zero-order valence-corrected chi connectivity index (χ0v) is 16.3. The third kappa shape index (κ3) is 3.90. The molecule has 2 aromatic carbocycles. The minimum Gasteiger partial charge on any atom is -0.497 e. The molecule has 6 nitrogen and oxygen atoms in total. The Morgan fingerprint density at radius 1 is 1.21 bits per heavy atom. The van der Waals surface area contributed by atoms with E-state index in [4.69, 9.17) is 20.8 Å². The lowest BCUT2D eigenvalue weighted by molar-refractivity contribution is 0.415. The first kappa shape index (κ1) is 18.2. The number of nitrogens with one attached hydrogen (secondary N) is 1. The van der Waals surface area contributed by atoms with Crippen molar-refractivity contribution in [1.82, 2.24) is 4.98 Å². The largest absolute Gasteiger partial charge is 0.497 e. The molecule has 0 atom stereocenters. The van der Waals surface area contributed by atoms with Gasteiger partial charge in [0.2, 0.25) is 5.13 Å². The Morgan fingerprint density at radius 2 is 2.04 bits per heavy atom. The average Bonchev–Trinajstić information content (AvgIpc) is 3.17. The summed E-state index contributed by atoms with van der Waals surface area (Å²) in [6.45, 7) is 0. The maximum atomic E-state index is 11.8. The molecule has 0 aliphatic carbocycles. The first-order valence-electron chi connectivity index (χ1n) is 8.25. The highest BCUT2D eigenvalue weighted by atomic mass is 35.5. The second kappa shape index (κ2) is 7.84. The van der Waals surface area contributed by atoms with E-state index in [9.17, 15) is 4.79 Å². The molecule has 0 amide bonds. The normalized spacial score (nSPS) is 11.2. The lowest BCUT2D eigenvalue weighted by atomic mass is 10.1. The van der Waals surface area contributed by atoms with Crippen molar-refractivity contribution in [3.05, 3.63) is 74.9 Å². The molecule has 28 heavy (non-hydrogen) atoms. The highest BCUT2D eigenvalue weighted by Gasteiger charge is 2.07. The smallest absolute Gasteiger partial charge is 0.336 e. The molecule has 0 fully saturated rings. The summed E-state index contributed by atoms with van der Waals surface area (Å²) < 4.78 is 10.5. The van der Waals surface area contributed by atoms with E-state index >= 15 is 0 Å². The van der Waals surface area contributed by atoms with Gasteiger partial charge >= 0.3 is 5.63 Å². The number of hydrogen-bond donors (Lipinski definition) is 1. The lowest BCUT2D eigenvalue weighted by Gasteiger charge is -2.03. The number of aromatic nitrogens is 1. The van der Waals surface area contributed by atoms with Gasteiger partial charge in [-0.05, 0) is 30.3 Å². The number of hydrazone groups is 1. The number of halogens is 1. The first-order valence-corrected chi connectivity index (χ1v) is 9.50. The summed E-state index contributed by atoms with van der Waals surface area (Å²) in [6, 6.07) is 14.1. The predicted molar refractivity (Wildman–Crippen MR) is 113 cm³/mol. The van der Waals surface area contributed by atoms with Gasteiger partial charge < -0.3 is 9.15 Å². The topological polar surface area (TPSA) is 76.7 Å². The molecule has 0 saturated carbocycles. The number of thiazole rings is 1. The summed E-state index contributed by atoms with van der Waals surface area (Å²) in [5.74, 6) is 0.663. The third-order valence-corrected chi connectivity index (χ3v) is 4.99. The van der Waals surface area contributed by atoms with E-state index in [0.29, 0.717) is 27.1 Å². The molecular weight excluding hydrogens is 398 g/mol. The fraction of sp³-hybridized carbons (Fsp3) is 0.0500. The molecule has 0 spiro atoms. The summed E-state index contributed by atoms with van der Waals surface area (Å²) in [5.41, 5.74) is 5.33. The van der Waals surface area contributed by atoms with Crippen LogP contribution in [0.5, 0.6) is 5.75 Å². The van der Waals surface area contributed by atoms with Crippen molar-refractivity contribution in [2.45, 2.75) is 0 Å². The number of anilines is 1. The highest BCUT2D eigenvalue weighted by Crippen LogP contribution is 2.26. The van der Waals surface area contributed by atoms with Gasteiger partial charge in [-0.15, -0.1) is 11.3 Å². The predicted octanol–water partition coefficient (Wildman–Crippen LogP) is 5.02. The summed E-state index contributed by atoms with van der Waals surface area (Å²) in [6.07, 6.45) is 1.56. The fourth-order valence-corrected chi connectivity index (χ4v) is 3.43. The van der Waals surface area contributed by atoms with Crippen LogP contribution in [0.25, 0.3) is 22.2 Å². The van der Waals surface area contributed by atoms with Gasteiger partial charge in [0.25, 0.3) is 0 Å². The van der Waals surface area contributed by atoms with Crippen LogP contribution >= 0.6 is 22.9 Å². The summed E-state index contributed by atoms with van der Waals surface area (Å²) >= 11 is 7.34. The van der Waals surface area contributed by atoms with Crippen molar-refractivity contribution >= 4 is 45.3 Å². The molecule has 1 N–H and O–H groups in total. The van der Waals surface area contributed by atoms with Gasteiger partial charge in [-0.25, -0.2) is 9.78 Å². The van der Waals surface area contributed by atoms with Crippen LogP contribution in [0.15, 0.2) is 68.2 Å². The van der Waals surface area contributed by atoms with Crippen molar-refractivity contribution in [1.29, 1.82) is 0 Å². The number of benzene rings is 2. The molecular formula is C20H14ClN3O3S. The SMILES string of the molecule is COc1ccc2oc(=O)cc(/C=N\Nc3nc(-c4ccc(Cl)cc4)cs3)c2c1. The Hall–Kier alpha value is -3.16. The quantitative estimate of drug-likeness (QED) is 0.283. The Kier molecular flexibility index (Phi) is 5.10. The Bertz CT molecular complexity index is 1220. The molecule has 0 radical (unpaired) electrons. The van der Waals surface area contributed by atoms with E-state index in [1.165, 1.54) is 17.4 Å². The van der Waals surface area contributed by atoms with Crippen LogP contribution < -0.4 is 15.8 Å². The first-order chi connectivity index (χ1) is 13.6. The van der Waals surface area contributed by atoms with Crippen molar-refractivity contribution in [2.75, 3.05) is 12.5 Å². The standard InChI is InChI=1S/C20H14ClN3O3S/c1-26-15-6-7-18-16(9-15)13(8-19(25)27-18)10-22-24-20-23-17(11-28-20)12-2-4-14(21)5-3-12/h2-11H,1H3,(H,23,24)/b22-10-. The zero-order valence-electron chi connectivity index (χ0n) is 14.7. The molecule has 4 aromatic rings. The molecule has 0 aliphatic rings. The maximum Gasteiger partial charge on any atom is 0.336 e. The molecule has 2 aromatic heterocycles. The lowest BCUT2D eigenvalue weighted by Crippen LogP contribution is -2.01. The molecule has 8 heteroatoms. The second-order valence-corrected chi connectivity index (χ2v) is 7.09. The van der Waals surface area contributed by atoms with E-state index in [2.05, 4.69) is 15.5 Å². The average molecular weight is 412 g/mol. The van der Waals surface area contributed by atoms with Crippen molar-refractivity contribution in [3.63, 3.8) is 0 Å². The number of ether oxygens (including phenoxy) is 1. The van der Waals surface area contributed by atoms with Crippen molar-refractivity contribution in [3.8, 4) is 17.0 Å². The number of rotatable bonds is 5. The summed E-state index contributed by atoms with van der Waals surface area (Å²) in [4.78, 5) is 16.3. The molecule has 2 heterocycles. The van der Waals surface area contributed by atoms with Crippen LogP contribution in [-0.4, -0.2) is 18.3 Å². The third-order valence-electron chi connectivity index (χ3n) is 3.99. The monoisotopic (exact) mass is 411 g/mol. The van der Waals surface area contributed by atoms with E-state index in [1.807, 2.05) is 29.6 Å². The van der Waals surface area contributed by atoms with Crippen LogP contribution in [0.4, 0.5) is 5.13 Å². The van der Waals surface area contributed by atoms with Crippen molar-refractivity contribution < 1.29 is 9.15 Å². The van der Waals surface area contributed by atoms with Gasteiger partial charge in [0, 0.05) is 33.0 Å². The van der Waals surface area contributed by atoms with Gasteiger partial charge in [-0.2, -0.15) is 5.10 Å². The van der Waals surface area contributed by atoms with Gasteiger partial charge in [0.05, 0.1) is 19.0 Å².